The average molecular weight is 398 g/mol. The van der Waals surface area contributed by atoms with Gasteiger partial charge in [-0.2, -0.15) is 4.98 Å². The van der Waals surface area contributed by atoms with E-state index in [2.05, 4.69) is 59.2 Å². The Balaban J connectivity index is 1.21. The zero-order valence-corrected chi connectivity index (χ0v) is 16.3. The number of para-hydroxylation sites is 1. The lowest BCUT2D eigenvalue weighted by Gasteiger charge is -2.36. The number of nitrogens with zero attached hydrogens (tertiary/aromatic N) is 6. The number of aromatic amines is 1. The van der Waals surface area contributed by atoms with Crippen molar-refractivity contribution in [3.8, 4) is 11.5 Å². The molecule has 0 radical (unpaired) electrons. The van der Waals surface area contributed by atoms with Crippen molar-refractivity contribution in [1.82, 2.24) is 30.0 Å². The summed E-state index contributed by atoms with van der Waals surface area (Å²) in [4.78, 5) is 17.3. The van der Waals surface area contributed by atoms with Crippen molar-refractivity contribution >= 4 is 17.4 Å². The minimum Gasteiger partial charge on any atom is -0.391 e. The van der Waals surface area contributed by atoms with E-state index in [0.29, 0.717) is 29.0 Å². The van der Waals surface area contributed by atoms with E-state index in [1.165, 1.54) is 17.4 Å². The third kappa shape index (κ3) is 4.86. The predicted octanol–water partition coefficient (Wildman–Crippen LogP) is 1.54. The molecule has 1 aliphatic heterocycles. The fourth-order valence-corrected chi connectivity index (χ4v) is 3.91. The van der Waals surface area contributed by atoms with E-state index in [-0.39, 0.29) is 0 Å². The molecule has 28 heavy (non-hydrogen) atoms. The smallest absolute Gasteiger partial charge is 0.208 e. The Kier molecular flexibility index (Phi) is 6.15. The first-order valence-electron chi connectivity index (χ1n) is 9.30. The van der Waals surface area contributed by atoms with Crippen molar-refractivity contribution in [1.29, 1.82) is 0 Å². The van der Waals surface area contributed by atoms with Crippen molar-refractivity contribution in [3.63, 3.8) is 0 Å². The number of aliphatic hydroxyl groups is 1. The lowest BCUT2D eigenvalue weighted by molar-refractivity contribution is 0.126. The number of aliphatic hydroxyl groups excluding tert-OH is 1. The van der Waals surface area contributed by atoms with Crippen LogP contribution in [-0.2, 0) is 0 Å². The van der Waals surface area contributed by atoms with Crippen molar-refractivity contribution in [2.75, 3.05) is 43.4 Å². The molecule has 0 aliphatic carbocycles. The molecular formula is C19H23N7OS. The van der Waals surface area contributed by atoms with Gasteiger partial charge in [0.2, 0.25) is 5.16 Å². The second kappa shape index (κ2) is 9.13. The van der Waals surface area contributed by atoms with Crippen LogP contribution in [0, 0.1) is 0 Å². The van der Waals surface area contributed by atoms with Crippen molar-refractivity contribution in [2.24, 2.45) is 0 Å². The number of anilines is 1. The van der Waals surface area contributed by atoms with Gasteiger partial charge in [0.25, 0.3) is 0 Å². The van der Waals surface area contributed by atoms with Crippen LogP contribution >= 0.6 is 11.8 Å². The number of aromatic nitrogens is 5. The highest BCUT2D eigenvalue weighted by atomic mass is 32.2. The van der Waals surface area contributed by atoms with Gasteiger partial charge in [0.05, 0.1) is 12.3 Å². The van der Waals surface area contributed by atoms with Crippen LogP contribution < -0.4 is 4.90 Å². The van der Waals surface area contributed by atoms with E-state index in [4.69, 9.17) is 0 Å². The number of hydrogen-bond donors (Lipinski definition) is 2. The van der Waals surface area contributed by atoms with Gasteiger partial charge in [-0.25, -0.2) is 4.98 Å². The molecule has 3 heterocycles. The molecule has 146 valence electrons. The normalized spacial score (nSPS) is 16.2. The average Bonchev–Trinajstić information content (AvgIpc) is 3.23. The maximum Gasteiger partial charge on any atom is 0.208 e. The number of rotatable bonds is 7. The third-order valence-corrected chi connectivity index (χ3v) is 5.63. The van der Waals surface area contributed by atoms with E-state index in [1.807, 2.05) is 6.07 Å². The van der Waals surface area contributed by atoms with Gasteiger partial charge < -0.3 is 10.0 Å². The Labute approximate surface area is 168 Å². The largest absolute Gasteiger partial charge is 0.391 e. The molecule has 0 amide bonds. The van der Waals surface area contributed by atoms with Gasteiger partial charge in [-0.15, -0.1) is 5.10 Å². The second-order valence-corrected chi connectivity index (χ2v) is 7.63. The van der Waals surface area contributed by atoms with Gasteiger partial charge in [0, 0.05) is 56.6 Å². The molecular weight excluding hydrogens is 374 g/mol. The van der Waals surface area contributed by atoms with Crippen LogP contribution in [0.4, 0.5) is 5.69 Å². The SMILES string of the molecule is OC(CSc1n[nH]c(-c2cnccn2)n1)CN1CCN(c2ccccc2)CC1. The molecule has 0 saturated carbocycles. The Morgan fingerprint density at radius 3 is 2.68 bits per heavy atom. The van der Waals surface area contributed by atoms with Crippen molar-refractivity contribution < 1.29 is 5.11 Å². The van der Waals surface area contributed by atoms with E-state index in [9.17, 15) is 5.11 Å². The molecule has 1 aromatic carbocycles. The first-order chi connectivity index (χ1) is 13.8. The number of piperazine rings is 1. The van der Waals surface area contributed by atoms with Crippen LogP contribution in [0.15, 0.2) is 54.1 Å². The van der Waals surface area contributed by atoms with Crippen LogP contribution in [0.3, 0.4) is 0 Å². The van der Waals surface area contributed by atoms with E-state index in [1.54, 1.807) is 18.6 Å². The molecule has 1 saturated heterocycles. The zero-order chi connectivity index (χ0) is 19.2. The predicted molar refractivity (Wildman–Crippen MR) is 109 cm³/mol. The van der Waals surface area contributed by atoms with Crippen molar-refractivity contribution in [3.05, 3.63) is 48.9 Å². The van der Waals surface area contributed by atoms with Crippen LogP contribution in [0.5, 0.6) is 0 Å². The number of benzene rings is 1. The summed E-state index contributed by atoms with van der Waals surface area (Å²) in [5.41, 5.74) is 1.92. The molecule has 4 rings (SSSR count). The molecule has 2 N–H and O–H groups in total. The number of β-amino-alcohol motifs (C(OH)–C–C–N with tert-alkyl or cyclic N) is 1. The van der Waals surface area contributed by atoms with Crippen LogP contribution in [0.25, 0.3) is 11.5 Å². The minimum atomic E-state index is -0.424. The molecule has 0 spiro atoms. The molecule has 1 atom stereocenters. The topological polar surface area (TPSA) is 94.1 Å². The van der Waals surface area contributed by atoms with Gasteiger partial charge in [-0.05, 0) is 12.1 Å². The number of hydrogen-bond acceptors (Lipinski definition) is 8. The summed E-state index contributed by atoms with van der Waals surface area (Å²) in [5.74, 6) is 1.14. The monoisotopic (exact) mass is 397 g/mol. The minimum absolute atomic E-state index is 0.424. The van der Waals surface area contributed by atoms with E-state index >= 15 is 0 Å². The summed E-state index contributed by atoms with van der Waals surface area (Å²) in [7, 11) is 0. The Morgan fingerprint density at radius 1 is 1.11 bits per heavy atom. The van der Waals surface area contributed by atoms with Gasteiger partial charge in [0.15, 0.2) is 5.82 Å². The maximum absolute atomic E-state index is 10.4. The van der Waals surface area contributed by atoms with Gasteiger partial charge in [-0.1, -0.05) is 30.0 Å². The molecule has 8 nitrogen and oxygen atoms in total. The highest BCUT2D eigenvalue weighted by molar-refractivity contribution is 7.99. The Hall–Kier alpha value is -2.49. The van der Waals surface area contributed by atoms with Crippen molar-refractivity contribution in [2.45, 2.75) is 11.3 Å². The molecule has 1 fully saturated rings. The highest BCUT2D eigenvalue weighted by Crippen LogP contribution is 2.19. The van der Waals surface area contributed by atoms with Gasteiger partial charge in [0.1, 0.15) is 5.69 Å². The molecule has 2 aromatic heterocycles. The summed E-state index contributed by atoms with van der Waals surface area (Å²) < 4.78 is 0. The fourth-order valence-electron chi connectivity index (χ4n) is 3.20. The molecule has 1 aliphatic rings. The number of thioether (sulfide) groups is 1. The standard InChI is InChI=1S/C19H23N7OS/c27-16(13-25-8-10-26(11-9-25)15-4-2-1-3-5-15)14-28-19-22-18(23-24-19)17-12-20-6-7-21-17/h1-7,12,16,27H,8-11,13-14H2,(H,22,23,24). The van der Waals surface area contributed by atoms with E-state index in [0.717, 1.165) is 26.2 Å². The van der Waals surface area contributed by atoms with Crippen LogP contribution in [-0.4, -0.2) is 79.7 Å². The number of H-pyrrole nitrogens is 1. The Bertz CT molecular complexity index is 853. The Morgan fingerprint density at radius 2 is 1.93 bits per heavy atom. The van der Waals surface area contributed by atoms with E-state index < -0.39 is 6.10 Å². The molecule has 0 bridgehead atoms. The van der Waals surface area contributed by atoms with Gasteiger partial charge >= 0.3 is 0 Å². The van der Waals surface area contributed by atoms with Gasteiger partial charge in [-0.3, -0.25) is 15.0 Å². The molecule has 3 aromatic rings. The second-order valence-electron chi connectivity index (χ2n) is 6.65. The summed E-state index contributed by atoms with van der Waals surface area (Å²) in [6, 6.07) is 10.5. The lowest BCUT2D eigenvalue weighted by atomic mass is 10.2. The molecule has 1 unspecified atom stereocenters. The first-order valence-corrected chi connectivity index (χ1v) is 10.3. The summed E-state index contributed by atoms with van der Waals surface area (Å²) in [5, 5.41) is 18.1. The first kappa shape index (κ1) is 18.9. The summed E-state index contributed by atoms with van der Waals surface area (Å²) in [6.07, 6.45) is 4.45. The quantitative estimate of drug-likeness (QED) is 0.580. The lowest BCUT2D eigenvalue weighted by Crippen LogP contribution is -2.48. The number of nitrogens with one attached hydrogen (secondary N) is 1. The summed E-state index contributed by atoms with van der Waals surface area (Å²) in [6.45, 7) is 4.53. The summed E-state index contributed by atoms with van der Waals surface area (Å²) >= 11 is 1.44. The van der Waals surface area contributed by atoms with Crippen LogP contribution in [0.1, 0.15) is 0 Å². The maximum atomic E-state index is 10.4. The molecule has 9 heteroatoms. The fraction of sp³-hybridized carbons (Fsp3) is 0.368. The zero-order valence-electron chi connectivity index (χ0n) is 15.5. The third-order valence-electron chi connectivity index (χ3n) is 4.64. The highest BCUT2D eigenvalue weighted by Gasteiger charge is 2.20. The van der Waals surface area contributed by atoms with Crippen LogP contribution in [0.2, 0.25) is 0 Å².